The molecule has 0 aromatic carbocycles. The van der Waals surface area contributed by atoms with Gasteiger partial charge in [-0.15, -0.1) is 11.6 Å². The van der Waals surface area contributed by atoms with E-state index in [4.69, 9.17) is 17.3 Å². The van der Waals surface area contributed by atoms with Crippen LogP contribution in [0.2, 0.25) is 0 Å². The zero-order chi connectivity index (χ0) is 8.15. The molecule has 0 rings (SSSR count). The number of nitrogens with one attached hydrogen (secondary N) is 1. The summed E-state index contributed by atoms with van der Waals surface area (Å²) in [5.74, 6) is 0. The van der Waals surface area contributed by atoms with Gasteiger partial charge in [-0.05, 0) is 6.92 Å². The summed E-state index contributed by atoms with van der Waals surface area (Å²) in [6.07, 6.45) is 0. The maximum Gasteiger partial charge on any atom is 0.0608 e. The van der Waals surface area contributed by atoms with Crippen LogP contribution in [0, 0.1) is 0 Å². The first-order valence-electron chi connectivity index (χ1n) is 3.68. The normalized spacial score (nSPS) is 17.4. The van der Waals surface area contributed by atoms with Crippen molar-refractivity contribution in [2.24, 2.45) is 5.73 Å². The average Bonchev–Trinajstić information content (AvgIpc) is 1.85. The fourth-order valence-electron chi connectivity index (χ4n) is 0.834. The van der Waals surface area contributed by atoms with Crippen molar-refractivity contribution < 1.29 is 0 Å². The zero-order valence-corrected chi connectivity index (χ0v) is 7.65. The molecule has 0 aliphatic carbocycles. The van der Waals surface area contributed by atoms with Crippen LogP contribution in [0.5, 0.6) is 0 Å². The highest BCUT2D eigenvalue weighted by molar-refractivity contribution is 6.21. The van der Waals surface area contributed by atoms with Crippen LogP contribution >= 0.6 is 11.6 Å². The largest absolute Gasteiger partial charge is 0.329 e. The summed E-state index contributed by atoms with van der Waals surface area (Å²) in [5, 5.41) is 3.33. The number of alkyl halides is 1. The minimum atomic E-state index is 0.0439. The summed E-state index contributed by atoms with van der Waals surface area (Å²) in [6, 6.07) is 0.773. The smallest absolute Gasteiger partial charge is 0.0608 e. The SMILES string of the molecule is CC(C)NC(C)C(Cl)CN. The Morgan fingerprint density at radius 3 is 2.20 bits per heavy atom. The second kappa shape index (κ2) is 4.94. The number of halogens is 1. The van der Waals surface area contributed by atoms with E-state index in [0.717, 1.165) is 0 Å². The van der Waals surface area contributed by atoms with E-state index in [2.05, 4.69) is 19.2 Å². The Labute approximate surface area is 68.1 Å². The molecular formula is C7H17ClN2. The Morgan fingerprint density at radius 1 is 1.40 bits per heavy atom. The van der Waals surface area contributed by atoms with Gasteiger partial charge in [0.2, 0.25) is 0 Å². The Hall–Kier alpha value is 0.210. The lowest BCUT2D eigenvalue weighted by Gasteiger charge is -2.20. The molecule has 3 N–H and O–H groups in total. The summed E-state index contributed by atoms with van der Waals surface area (Å²) >= 11 is 5.87. The van der Waals surface area contributed by atoms with Gasteiger partial charge >= 0.3 is 0 Å². The highest BCUT2D eigenvalue weighted by Gasteiger charge is 2.12. The van der Waals surface area contributed by atoms with Gasteiger partial charge in [0.25, 0.3) is 0 Å². The molecule has 0 aromatic heterocycles. The molecule has 0 fully saturated rings. The van der Waals surface area contributed by atoms with Gasteiger partial charge in [0, 0.05) is 18.6 Å². The zero-order valence-electron chi connectivity index (χ0n) is 6.89. The van der Waals surface area contributed by atoms with Gasteiger partial charge in [0.1, 0.15) is 0 Å². The second-order valence-corrected chi connectivity index (χ2v) is 3.42. The molecule has 2 unspecified atom stereocenters. The van der Waals surface area contributed by atoms with Crippen molar-refractivity contribution in [3.8, 4) is 0 Å². The minimum absolute atomic E-state index is 0.0439. The van der Waals surface area contributed by atoms with E-state index in [1.807, 2.05) is 6.92 Å². The van der Waals surface area contributed by atoms with Gasteiger partial charge in [0.05, 0.1) is 5.38 Å². The number of hydrogen-bond donors (Lipinski definition) is 2. The predicted octanol–water partition coefficient (Wildman–Crippen LogP) is 0.939. The van der Waals surface area contributed by atoms with Crippen LogP contribution in [-0.4, -0.2) is 24.0 Å². The first kappa shape index (κ1) is 10.2. The van der Waals surface area contributed by atoms with Crippen molar-refractivity contribution in [1.82, 2.24) is 5.32 Å². The molecule has 0 bridgehead atoms. The summed E-state index contributed by atoms with van der Waals surface area (Å²) in [5.41, 5.74) is 5.38. The summed E-state index contributed by atoms with van der Waals surface area (Å²) in [7, 11) is 0. The van der Waals surface area contributed by atoms with Crippen LogP contribution < -0.4 is 11.1 Å². The highest BCUT2D eigenvalue weighted by Crippen LogP contribution is 2.00. The fraction of sp³-hybridized carbons (Fsp3) is 1.00. The summed E-state index contributed by atoms with van der Waals surface area (Å²) < 4.78 is 0. The lowest BCUT2D eigenvalue weighted by Crippen LogP contribution is -2.41. The Bertz CT molecular complexity index is 85.7. The average molecular weight is 165 g/mol. The van der Waals surface area contributed by atoms with E-state index in [-0.39, 0.29) is 5.38 Å². The van der Waals surface area contributed by atoms with Gasteiger partial charge < -0.3 is 11.1 Å². The molecule has 0 saturated carbocycles. The molecule has 0 aliphatic rings. The monoisotopic (exact) mass is 164 g/mol. The third kappa shape index (κ3) is 4.09. The van der Waals surface area contributed by atoms with Crippen molar-refractivity contribution in [1.29, 1.82) is 0 Å². The van der Waals surface area contributed by atoms with Crippen LogP contribution in [0.1, 0.15) is 20.8 Å². The topological polar surface area (TPSA) is 38.0 Å². The maximum atomic E-state index is 5.87. The molecule has 62 valence electrons. The molecule has 0 spiro atoms. The van der Waals surface area contributed by atoms with E-state index >= 15 is 0 Å². The van der Waals surface area contributed by atoms with Gasteiger partial charge in [-0.1, -0.05) is 13.8 Å². The molecular weight excluding hydrogens is 148 g/mol. The number of rotatable bonds is 4. The van der Waals surface area contributed by atoms with Crippen molar-refractivity contribution in [2.75, 3.05) is 6.54 Å². The Balaban J connectivity index is 3.50. The van der Waals surface area contributed by atoms with E-state index in [0.29, 0.717) is 18.6 Å². The highest BCUT2D eigenvalue weighted by atomic mass is 35.5. The fourth-order valence-corrected chi connectivity index (χ4v) is 0.907. The van der Waals surface area contributed by atoms with E-state index < -0.39 is 0 Å². The lowest BCUT2D eigenvalue weighted by molar-refractivity contribution is 0.475. The predicted molar refractivity (Wildman–Crippen MR) is 46.4 cm³/mol. The quantitative estimate of drug-likeness (QED) is 0.607. The Morgan fingerprint density at radius 2 is 1.90 bits per heavy atom. The number of hydrogen-bond acceptors (Lipinski definition) is 2. The molecule has 2 atom stereocenters. The van der Waals surface area contributed by atoms with Gasteiger partial charge in [-0.3, -0.25) is 0 Å². The van der Waals surface area contributed by atoms with E-state index in [1.165, 1.54) is 0 Å². The second-order valence-electron chi connectivity index (χ2n) is 2.86. The van der Waals surface area contributed by atoms with Crippen LogP contribution in [0.3, 0.4) is 0 Å². The van der Waals surface area contributed by atoms with Crippen LogP contribution in [0.25, 0.3) is 0 Å². The van der Waals surface area contributed by atoms with Crippen molar-refractivity contribution in [2.45, 2.75) is 38.2 Å². The standard InChI is InChI=1S/C7H17ClN2/c1-5(2)10-6(3)7(8)4-9/h5-7,10H,4,9H2,1-3H3. The summed E-state index contributed by atoms with van der Waals surface area (Å²) in [6.45, 7) is 6.76. The maximum absolute atomic E-state index is 5.87. The van der Waals surface area contributed by atoms with Gasteiger partial charge in [-0.25, -0.2) is 0 Å². The molecule has 0 amide bonds. The van der Waals surface area contributed by atoms with Crippen LogP contribution in [0.4, 0.5) is 0 Å². The molecule has 0 radical (unpaired) electrons. The van der Waals surface area contributed by atoms with E-state index in [9.17, 15) is 0 Å². The molecule has 0 heterocycles. The Kier molecular flexibility index (Phi) is 5.04. The van der Waals surface area contributed by atoms with Crippen molar-refractivity contribution >= 4 is 11.6 Å². The third-order valence-corrected chi connectivity index (χ3v) is 1.92. The first-order chi connectivity index (χ1) is 4.57. The molecule has 2 nitrogen and oxygen atoms in total. The first-order valence-corrected chi connectivity index (χ1v) is 4.11. The summed E-state index contributed by atoms with van der Waals surface area (Å²) in [4.78, 5) is 0. The van der Waals surface area contributed by atoms with Crippen LogP contribution in [-0.2, 0) is 0 Å². The molecule has 3 heteroatoms. The van der Waals surface area contributed by atoms with Gasteiger partial charge in [-0.2, -0.15) is 0 Å². The lowest BCUT2D eigenvalue weighted by atomic mass is 10.2. The molecule has 0 saturated heterocycles. The minimum Gasteiger partial charge on any atom is -0.329 e. The van der Waals surface area contributed by atoms with Crippen LogP contribution in [0.15, 0.2) is 0 Å². The van der Waals surface area contributed by atoms with Gasteiger partial charge in [0.15, 0.2) is 0 Å². The van der Waals surface area contributed by atoms with Crippen molar-refractivity contribution in [3.05, 3.63) is 0 Å². The van der Waals surface area contributed by atoms with E-state index in [1.54, 1.807) is 0 Å². The molecule has 10 heavy (non-hydrogen) atoms. The molecule has 0 aromatic rings. The number of nitrogens with two attached hydrogens (primary N) is 1. The van der Waals surface area contributed by atoms with Crippen molar-refractivity contribution in [3.63, 3.8) is 0 Å². The molecule has 0 aliphatic heterocycles. The third-order valence-electron chi connectivity index (χ3n) is 1.36.